The maximum absolute atomic E-state index is 12.8. The molecule has 9 heteroatoms. The summed E-state index contributed by atoms with van der Waals surface area (Å²) in [6.07, 6.45) is 9.23. The average Bonchev–Trinajstić information content (AvgIpc) is 3.27. The second-order valence-electron chi connectivity index (χ2n) is 12.1. The number of carbonyl (C=O) groups is 2. The van der Waals surface area contributed by atoms with Crippen LogP contribution in [0.25, 0.3) is 0 Å². The Labute approximate surface area is 229 Å². The summed E-state index contributed by atoms with van der Waals surface area (Å²) in [4.78, 5) is 34.0. The summed E-state index contributed by atoms with van der Waals surface area (Å²) in [5.74, 6) is -0.921. The number of rotatable bonds is 4. The molecule has 2 saturated carbocycles. The molecule has 2 aliphatic heterocycles. The van der Waals surface area contributed by atoms with Crippen LogP contribution in [-0.4, -0.2) is 45.7 Å². The van der Waals surface area contributed by atoms with Crippen LogP contribution in [-0.2, 0) is 19.9 Å². The van der Waals surface area contributed by atoms with Crippen molar-refractivity contribution in [3.63, 3.8) is 0 Å². The largest absolute Gasteiger partial charge is 0.460 e. The minimum Gasteiger partial charge on any atom is -0.460 e. The van der Waals surface area contributed by atoms with E-state index in [9.17, 15) is 20.0 Å². The van der Waals surface area contributed by atoms with Crippen LogP contribution >= 0.6 is 0 Å². The molecule has 2 heterocycles. The minimum absolute atomic E-state index is 0.0306. The van der Waals surface area contributed by atoms with Gasteiger partial charge in [0.25, 0.3) is 5.91 Å². The molecule has 5 rings (SSSR count). The van der Waals surface area contributed by atoms with E-state index in [1.54, 1.807) is 0 Å². The number of allylic oxidation sites excluding steroid dienone is 1. The summed E-state index contributed by atoms with van der Waals surface area (Å²) < 4.78 is 5.54. The fourth-order valence-electron chi connectivity index (χ4n) is 6.14. The molecule has 3 atom stereocenters. The zero-order chi connectivity index (χ0) is 27.8. The predicted molar refractivity (Wildman–Crippen MR) is 147 cm³/mol. The van der Waals surface area contributed by atoms with Crippen LogP contribution in [0.3, 0.4) is 0 Å². The number of nitrogens with zero attached hydrogens (tertiary/aromatic N) is 4. The Hall–Kier alpha value is -3.51. The standard InChI is InChI=1S/C30H37N5O4/c1-29(2,3)39-28(37)19-12-15-30(38,16-13-19)21-8-10-22(11-9-21)33-26-25-24(14-17-32-27(25)36)35(34-26)23-7-5-4-6-20(23)18-31/h8-11,14,17,19-20,23,25,38H,4-7,12-13,15-16H2,1-3H3,(H,33,34)/t19?,20-,23+,25?,30?/m1/s1. The molecule has 1 amide bonds. The SMILES string of the molecule is CC(C)(C)OC(=O)C1CCC(O)(c2ccc(N=C3NN([C@H]4CCCC[C@@H]4C#N)C4=CC=NC(=O)C43)cc2)CC1. The first kappa shape index (κ1) is 27.1. The number of hydrogen-bond acceptors (Lipinski definition) is 7. The number of amidine groups is 1. The van der Waals surface area contributed by atoms with Gasteiger partial charge in [-0.05, 0) is 83.1 Å². The van der Waals surface area contributed by atoms with E-state index < -0.39 is 17.1 Å². The molecule has 1 saturated heterocycles. The van der Waals surface area contributed by atoms with Gasteiger partial charge in [-0.1, -0.05) is 25.0 Å². The van der Waals surface area contributed by atoms with Gasteiger partial charge in [-0.3, -0.25) is 20.0 Å². The highest BCUT2D eigenvalue weighted by Gasteiger charge is 2.45. The summed E-state index contributed by atoms with van der Waals surface area (Å²) in [5, 5.41) is 23.0. The number of nitriles is 1. The van der Waals surface area contributed by atoms with Crippen LogP contribution in [0.2, 0.25) is 0 Å². The number of fused-ring (bicyclic) bond motifs is 1. The molecule has 206 valence electrons. The van der Waals surface area contributed by atoms with Gasteiger partial charge in [0.05, 0.1) is 40.9 Å². The maximum Gasteiger partial charge on any atom is 0.309 e. The predicted octanol–water partition coefficient (Wildman–Crippen LogP) is 4.45. The van der Waals surface area contributed by atoms with Gasteiger partial charge in [-0.2, -0.15) is 5.26 Å². The highest BCUT2D eigenvalue weighted by molar-refractivity contribution is 6.12. The van der Waals surface area contributed by atoms with Crippen molar-refractivity contribution in [2.45, 2.75) is 89.4 Å². The summed E-state index contributed by atoms with van der Waals surface area (Å²) in [6.45, 7) is 5.59. The number of hydrazine groups is 1. The molecule has 0 aromatic heterocycles. The van der Waals surface area contributed by atoms with Gasteiger partial charge in [0.15, 0.2) is 0 Å². The Kier molecular flexibility index (Phi) is 7.34. The van der Waals surface area contributed by atoms with Gasteiger partial charge in [0, 0.05) is 6.21 Å². The normalized spacial score (nSPS) is 31.8. The Balaban J connectivity index is 1.31. The molecule has 0 spiro atoms. The number of benzene rings is 1. The Morgan fingerprint density at radius 1 is 1.18 bits per heavy atom. The molecule has 2 N–H and O–H groups in total. The second-order valence-corrected chi connectivity index (χ2v) is 12.1. The molecule has 39 heavy (non-hydrogen) atoms. The van der Waals surface area contributed by atoms with Crippen molar-refractivity contribution in [1.82, 2.24) is 10.4 Å². The molecular weight excluding hydrogens is 494 g/mol. The van der Waals surface area contributed by atoms with Crippen molar-refractivity contribution in [2.24, 2.45) is 27.7 Å². The summed E-state index contributed by atoms with van der Waals surface area (Å²) in [7, 11) is 0. The maximum atomic E-state index is 12.8. The lowest BCUT2D eigenvalue weighted by molar-refractivity contribution is -0.163. The van der Waals surface area contributed by atoms with E-state index in [2.05, 4.69) is 16.5 Å². The van der Waals surface area contributed by atoms with E-state index in [1.165, 1.54) is 6.21 Å². The number of nitrogens with one attached hydrogen (secondary N) is 1. The molecular formula is C30H37N5O4. The fourth-order valence-corrected chi connectivity index (χ4v) is 6.14. The van der Waals surface area contributed by atoms with Gasteiger partial charge in [0.2, 0.25) is 0 Å². The molecule has 1 aromatic rings. The summed E-state index contributed by atoms with van der Waals surface area (Å²) in [5.41, 5.74) is 4.02. The molecule has 3 fully saturated rings. The number of hydrogen-bond donors (Lipinski definition) is 2. The lowest BCUT2D eigenvalue weighted by atomic mass is 9.75. The Morgan fingerprint density at radius 3 is 2.54 bits per heavy atom. The van der Waals surface area contributed by atoms with Gasteiger partial charge < -0.3 is 9.84 Å². The average molecular weight is 532 g/mol. The quantitative estimate of drug-likeness (QED) is 0.550. The number of amides is 1. The first-order chi connectivity index (χ1) is 18.6. The van der Waals surface area contributed by atoms with E-state index in [-0.39, 0.29) is 29.8 Å². The number of aliphatic imine (C=N–C) groups is 2. The summed E-state index contributed by atoms with van der Waals surface area (Å²) >= 11 is 0. The van der Waals surface area contributed by atoms with Gasteiger partial charge in [-0.15, -0.1) is 0 Å². The van der Waals surface area contributed by atoms with E-state index in [1.807, 2.05) is 56.1 Å². The Bertz CT molecular complexity index is 1250. The summed E-state index contributed by atoms with van der Waals surface area (Å²) in [6, 6.07) is 9.82. The van der Waals surface area contributed by atoms with Crippen LogP contribution in [0.4, 0.5) is 5.69 Å². The number of carbonyl (C=O) groups excluding carboxylic acids is 2. The van der Waals surface area contributed by atoms with Crippen molar-refractivity contribution in [3.8, 4) is 6.07 Å². The van der Waals surface area contributed by atoms with Crippen molar-refractivity contribution >= 4 is 29.6 Å². The molecule has 1 unspecified atom stereocenters. The second kappa shape index (κ2) is 10.6. The molecule has 0 bridgehead atoms. The van der Waals surface area contributed by atoms with Crippen molar-refractivity contribution in [1.29, 1.82) is 5.26 Å². The monoisotopic (exact) mass is 531 g/mol. The molecule has 1 aromatic carbocycles. The van der Waals surface area contributed by atoms with Gasteiger partial charge in [-0.25, -0.2) is 9.98 Å². The number of ether oxygens (including phenoxy) is 1. The van der Waals surface area contributed by atoms with Crippen LogP contribution in [0.15, 0.2) is 46.0 Å². The van der Waals surface area contributed by atoms with Crippen molar-refractivity contribution in [3.05, 3.63) is 41.6 Å². The zero-order valence-corrected chi connectivity index (χ0v) is 22.9. The topological polar surface area (TPSA) is 127 Å². The number of dihydropyridines is 1. The lowest BCUT2D eigenvalue weighted by Gasteiger charge is -2.36. The fraction of sp³-hybridized carbons (Fsp3) is 0.567. The van der Waals surface area contributed by atoms with E-state index >= 15 is 0 Å². The number of aliphatic hydroxyl groups is 1. The highest BCUT2D eigenvalue weighted by Crippen LogP contribution is 2.41. The van der Waals surface area contributed by atoms with Crippen LogP contribution in [0, 0.1) is 29.1 Å². The zero-order valence-electron chi connectivity index (χ0n) is 22.9. The molecule has 9 nitrogen and oxygen atoms in total. The molecule has 4 aliphatic rings. The Morgan fingerprint density at radius 2 is 1.87 bits per heavy atom. The smallest absolute Gasteiger partial charge is 0.309 e. The van der Waals surface area contributed by atoms with Gasteiger partial charge >= 0.3 is 5.97 Å². The first-order valence-electron chi connectivity index (χ1n) is 14.0. The molecule has 2 aliphatic carbocycles. The third-order valence-corrected chi connectivity index (χ3v) is 8.21. The van der Waals surface area contributed by atoms with Gasteiger partial charge in [0.1, 0.15) is 17.4 Å². The third-order valence-electron chi connectivity index (χ3n) is 8.21. The van der Waals surface area contributed by atoms with Crippen LogP contribution in [0.1, 0.15) is 77.7 Å². The highest BCUT2D eigenvalue weighted by atomic mass is 16.6. The van der Waals surface area contributed by atoms with Crippen molar-refractivity contribution in [2.75, 3.05) is 0 Å². The van der Waals surface area contributed by atoms with E-state index in [0.717, 1.165) is 36.9 Å². The van der Waals surface area contributed by atoms with E-state index in [0.29, 0.717) is 37.2 Å². The number of esters is 1. The van der Waals surface area contributed by atoms with Crippen LogP contribution < -0.4 is 5.43 Å². The first-order valence-corrected chi connectivity index (χ1v) is 14.0. The lowest BCUT2D eigenvalue weighted by Crippen LogP contribution is -2.46. The van der Waals surface area contributed by atoms with Crippen molar-refractivity contribution < 1.29 is 19.4 Å². The minimum atomic E-state index is -1.01. The van der Waals surface area contributed by atoms with Crippen LogP contribution in [0.5, 0.6) is 0 Å². The van der Waals surface area contributed by atoms with E-state index in [4.69, 9.17) is 9.73 Å². The third kappa shape index (κ3) is 5.62. The molecule has 0 radical (unpaired) electrons.